The zero-order valence-electron chi connectivity index (χ0n) is 16.1. The monoisotopic (exact) mass is 368 g/mol. The molecule has 0 radical (unpaired) electrons. The molecule has 140 valence electrons. The Labute approximate surface area is 166 Å². The SMILES string of the molecule is CNc1cccc(-c2ccc(-c3ccccn3)nc2)c1.CNc1ccccc1. The minimum atomic E-state index is 0.888. The van der Waals surface area contributed by atoms with Gasteiger partial charge in [0.25, 0.3) is 0 Å². The number of hydrogen-bond donors (Lipinski definition) is 2. The third-order valence-electron chi connectivity index (χ3n) is 4.24. The van der Waals surface area contributed by atoms with Gasteiger partial charge in [-0.25, -0.2) is 0 Å². The number of aromatic nitrogens is 2. The molecule has 4 heteroatoms. The van der Waals surface area contributed by atoms with Crippen LogP contribution in [0.3, 0.4) is 0 Å². The van der Waals surface area contributed by atoms with Gasteiger partial charge in [0, 0.05) is 43.4 Å². The van der Waals surface area contributed by atoms with Crippen LogP contribution in [0.5, 0.6) is 0 Å². The van der Waals surface area contributed by atoms with Gasteiger partial charge in [-0.3, -0.25) is 9.97 Å². The molecule has 4 aromatic rings. The molecule has 0 aliphatic heterocycles. The number of nitrogens with one attached hydrogen (secondary N) is 2. The minimum Gasteiger partial charge on any atom is -0.388 e. The summed E-state index contributed by atoms with van der Waals surface area (Å²) in [6, 6.07) is 28.2. The molecule has 4 nitrogen and oxygen atoms in total. The quantitative estimate of drug-likeness (QED) is 0.494. The van der Waals surface area contributed by atoms with Crippen molar-refractivity contribution < 1.29 is 0 Å². The number of hydrogen-bond acceptors (Lipinski definition) is 4. The Morgan fingerprint density at radius 3 is 1.89 bits per heavy atom. The van der Waals surface area contributed by atoms with Crippen molar-refractivity contribution in [3.63, 3.8) is 0 Å². The molecule has 0 fully saturated rings. The summed E-state index contributed by atoms with van der Waals surface area (Å²) in [5.41, 5.74) is 6.28. The standard InChI is InChI=1S/C17H15N3.C7H9N/c1-18-15-6-4-5-13(11-15)14-8-9-17(20-12-14)16-7-2-3-10-19-16;1-8-7-5-3-2-4-6-7/h2-12,18H,1H3;2-6,8H,1H3. The first kappa shape index (κ1) is 19.1. The molecule has 0 saturated heterocycles. The van der Waals surface area contributed by atoms with Gasteiger partial charge in [0.1, 0.15) is 0 Å². The molecule has 0 aliphatic carbocycles. The van der Waals surface area contributed by atoms with Crippen LogP contribution >= 0.6 is 0 Å². The van der Waals surface area contributed by atoms with Crippen molar-refractivity contribution in [2.24, 2.45) is 0 Å². The van der Waals surface area contributed by atoms with E-state index in [-0.39, 0.29) is 0 Å². The molecule has 0 bridgehead atoms. The second-order valence-corrected chi connectivity index (χ2v) is 6.09. The first-order chi connectivity index (χ1) is 13.8. The van der Waals surface area contributed by atoms with Crippen molar-refractivity contribution in [2.75, 3.05) is 24.7 Å². The maximum absolute atomic E-state index is 4.50. The van der Waals surface area contributed by atoms with E-state index in [1.165, 1.54) is 0 Å². The van der Waals surface area contributed by atoms with Crippen LogP contribution in [-0.2, 0) is 0 Å². The highest BCUT2D eigenvalue weighted by molar-refractivity contribution is 5.69. The molecule has 28 heavy (non-hydrogen) atoms. The summed E-state index contributed by atoms with van der Waals surface area (Å²) in [6.07, 6.45) is 3.67. The molecule has 0 spiro atoms. The summed E-state index contributed by atoms with van der Waals surface area (Å²) in [5.74, 6) is 0. The van der Waals surface area contributed by atoms with Crippen molar-refractivity contribution in [3.8, 4) is 22.5 Å². The van der Waals surface area contributed by atoms with E-state index in [0.717, 1.165) is 33.9 Å². The highest BCUT2D eigenvalue weighted by Gasteiger charge is 2.02. The van der Waals surface area contributed by atoms with E-state index in [9.17, 15) is 0 Å². The third kappa shape index (κ3) is 5.17. The van der Waals surface area contributed by atoms with Gasteiger partial charge in [0.15, 0.2) is 0 Å². The first-order valence-electron chi connectivity index (χ1n) is 9.18. The molecule has 4 rings (SSSR count). The van der Waals surface area contributed by atoms with Crippen LogP contribution in [0, 0.1) is 0 Å². The summed E-state index contributed by atoms with van der Waals surface area (Å²) < 4.78 is 0. The molecule has 0 amide bonds. The Kier molecular flexibility index (Phi) is 6.74. The van der Waals surface area contributed by atoms with Gasteiger partial charge in [-0.2, -0.15) is 0 Å². The van der Waals surface area contributed by atoms with E-state index in [1.807, 2.05) is 87.0 Å². The highest BCUT2D eigenvalue weighted by atomic mass is 14.8. The third-order valence-corrected chi connectivity index (χ3v) is 4.24. The van der Waals surface area contributed by atoms with Gasteiger partial charge in [-0.1, -0.05) is 42.5 Å². The smallest absolute Gasteiger partial charge is 0.0886 e. The Balaban J connectivity index is 0.000000236. The predicted octanol–water partition coefficient (Wildman–Crippen LogP) is 5.58. The number of para-hydroxylation sites is 1. The number of pyridine rings is 2. The van der Waals surface area contributed by atoms with Crippen molar-refractivity contribution in [1.82, 2.24) is 9.97 Å². The Bertz CT molecular complexity index is 968. The normalized spacial score (nSPS) is 9.79. The van der Waals surface area contributed by atoms with Crippen LogP contribution in [0.1, 0.15) is 0 Å². The molecule has 0 aliphatic rings. The van der Waals surface area contributed by atoms with Crippen molar-refractivity contribution in [2.45, 2.75) is 0 Å². The molecule has 2 heterocycles. The fourth-order valence-corrected chi connectivity index (χ4v) is 2.69. The topological polar surface area (TPSA) is 49.8 Å². The number of nitrogens with zero attached hydrogens (tertiary/aromatic N) is 2. The summed E-state index contributed by atoms with van der Waals surface area (Å²) in [7, 11) is 3.83. The second-order valence-electron chi connectivity index (χ2n) is 6.09. The minimum absolute atomic E-state index is 0.888. The largest absolute Gasteiger partial charge is 0.388 e. The van der Waals surface area contributed by atoms with E-state index in [4.69, 9.17) is 0 Å². The van der Waals surface area contributed by atoms with Crippen molar-refractivity contribution in [1.29, 1.82) is 0 Å². The maximum Gasteiger partial charge on any atom is 0.0886 e. The fraction of sp³-hybridized carbons (Fsp3) is 0.0833. The van der Waals surface area contributed by atoms with Crippen LogP contribution in [0.15, 0.2) is 97.3 Å². The van der Waals surface area contributed by atoms with Crippen LogP contribution in [0.4, 0.5) is 11.4 Å². The average molecular weight is 368 g/mol. The summed E-state index contributed by atoms with van der Waals surface area (Å²) in [6.45, 7) is 0. The lowest BCUT2D eigenvalue weighted by atomic mass is 10.1. The van der Waals surface area contributed by atoms with Crippen LogP contribution in [-0.4, -0.2) is 24.1 Å². The van der Waals surface area contributed by atoms with Gasteiger partial charge in [-0.15, -0.1) is 0 Å². The van der Waals surface area contributed by atoms with Gasteiger partial charge < -0.3 is 10.6 Å². The van der Waals surface area contributed by atoms with E-state index in [2.05, 4.69) is 38.8 Å². The number of rotatable bonds is 4. The average Bonchev–Trinajstić information content (AvgIpc) is 2.81. The lowest BCUT2D eigenvalue weighted by Crippen LogP contribution is -1.89. The Morgan fingerprint density at radius 2 is 1.29 bits per heavy atom. The lowest BCUT2D eigenvalue weighted by molar-refractivity contribution is 1.25. The van der Waals surface area contributed by atoms with E-state index >= 15 is 0 Å². The van der Waals surface area contributed by atoms with E-state index < -0.39 is 0 Å². The number of benzene rings is 2. The molecule has 2 aromatic carbocycles. The zero-order chi connectivity index (χ0) is 19.6. The van der Waals surface area contributed by atoms with Crippen LogP contribution in [0.25, 0.3) is 22.5 Å². The lowest BCUT2D eigenvalue weighted by Gasteiger charge is -2.06. The van der Waals surface area contributed by atoms with Crippen molar-refractivity contribution >= 4 is 11.4 Å². The maximum atomic E-state index is 4.50. The molecular weight excluding hydrogens is 344 g/mol. The zero-order valence-corrected chi connectivity index (χ0v) is 16.1. The molecular formula is C24H24N4. The fourth-order valence-electron chi connectivity index (χ4n) is 2.69. The molecule has 2 N–H and O–H groups in total. The summed E-state index contributed by atoms with van der Waals surface area (Å²) in [4.78, 5) is 8.80. The van der Waals surface area contributed by atoms with Gasteiger partial charge in [0.2, 0.25) is 0 Å². The Morgan fingerprint density at radius 1 is 0.571 bits per heavy atom. The highest BCUT2D eigenvalue weighted by Crippen LogP contribution is 2.23. The van der Waals surface area contributed by atoms with Crippen molar-refractivity contribution in [3.05, 3.63) is 97.3 Å². The number of anilines is 2. The van der Waals surface area contributed by atoms with E-state index in [1.54, 1.807) is 6.20 Å². The van der Waals surface area contributed by atoms with E-state index in [0.29, 0.717) is 0 Å². The first-order valence-corrected chi connectivity index (χ1v) is 9.18. The molecule has 2 aromatic heterocycles. The molecule has 0 atom stereocenters. The van der Waals surface area contributed by atoms with Gasteiger partial charge >= 0.3 is 0 Å². The van der Waals surface area contributed by atoms with Crippen LogP contribution in [0.2, 0.25) is 0 Å². The molecule has 0 saturated carbocycles. The summed E-state index contributed by atoms with van der Waals surface area (Å²) >= 11 is 0. The predicted molar refractivity (Wildman–Crippen MR) is 118 cm³/mol. The van der Waals surface area contributed by atoms with Gasteiger partial charge in [0.05, 0.1) is 11.4 Å². The second kappa shape index (κ2) is 9.88. The summed E-state index contributed by atoms with van der Waals surface area (Å²) in [5, 5.41) is 6.17. The molecule has 0 unspecified atom stereocenters. The Hall–Kier alpha value is -3.66. The van der Waals surface area contributed by atoms with Crippen LogP contribution < -0.4 is 10.6 Å². The van der Waals surface area contributed by atoms with Gasteiger partial charge in [-0.05, 0) is 48.0 Å².